The average molecular weight is 447 g/mol. The smallest absolute Gasteiger partial charge is 0.248 e. The van der Waals surface area contributed by atoms with E-state index in [0.29, 0.717) is 25.9 Å². The first-order chi connectivity index (χ1) is 15.0. The van der Waals surface area contributed by atoms with Gasteiger partial charge in [-0.3, -0.25) is 9.59 Å². The Balaban J connectivity index is 1.60. The van der Waals surface area contributed by atoms with Gasteiger partial charge in [-0.05, 0) is 60.7 Å². The van der Waals surface area contributed by atoms with Crippen molar-refractivity contribution in [3.63, 3.8) is 0 Å². The Morgan fingerprint density at radius 1 is 1.23 bits per heavy atom. The number of carbonyl (C=O) groups is 2. The van der Waals surface area contributed by atoms with Gasteiger partial charge in [0.05, 0.1) is 0 Å². The van der Waals surface area contributed by atoms with Crippen molar-refractivity contribution >= 4 is 23.2 Å². The molecule has 0 N–H and O–H groups in total. The molecule has 0 radical (unpaired) electrons. The second-order valence-corrected chi connectivity index (χ2v) is 9.17. The summed E-state index contributed by atoms with van der Waals surface area (Å²) in [5.74, 6) is 0.144. The second kappa shape index (κ2) is 11.4. The fraction of sp³-hybridized carbons (Fsp3) is 0.500. The molecule has 168 valence electrons. The van der Waals surface area contributed by atoms with Crippen LogP contribution in [-0.4, -0.2) is 61.5 Å². The number of likely N-dealkylation sites (tertiary alicyclic amines) is 1. The number of hydrogen-bond acceptors (Lipinski definition) is 4. The largest absolute Gasteiger partial charge is 0.375 e. The summed E-state index contributed by atoms with van der Waals surface area (Å²) in [5, 5.41) is 2.04. The summed E-state index contributed by atoms with van der Waals surface area (Å²) in [4.78, 5) is 30.1. The molecule has 7 heteroatoms. The lowest BCUT2D eigenvalue weighted by Crippen LogP contribution is -2.49. The van der Waals surface area contributed by atoms with Gasteiger partial charge in [-0.2, -0.15) is 0 Å². The van der Waals surface area contributed by atoms with E-state index in [1.807, 2.05) is 23.4 Å². The Morgan fingerprint density at radius 2 is 1.94 bits per heavy atom. The lowest BCUT2D eigenvalue weighted by molar-refractivity contribution is -0.139. The van der Waals surface area contributed by atoms with Gasteiger partial charge in [0.2, 0.25) is 11.8 Å². The van der Waals surface area contributed by atoms with Crippen LogP contribution in [0, 0.1) is 11.7 Å². The van der Waals surface area contributed by atoms with Crippen molar-refractivity contribution in [1.29, 1.82) is 0 Å². The number of carbonyl (C=O) groups excluding carboxylic acids is 2. The predicted octanol–water partition coefficient (Wildman–Crippen LogP) is 3.77. The standard InChI is InChI=1S/C24H31FN2O3S/c1-26(24(29)17-30-2)22(16-18-5-7-20(25)8-6-18)19-11-13-27(14-12-19)23(28)10-9-21-4-3-15-31-21/h3-8,15,19,22H,9-14,16-17H2,1-2H3/t22-/m1/s1. The van der Waals surface area contributed by atoms with Crippen molar-refractivity contribution in [2.75, 3.05) is 33.9 Å². The summed E-state index contributed by atoms with van der Waals surface area (Å²) in [6, 6.07) is 10.5. The van der Waals surface area contributed by atoms with Crippen molar-refractivity contribution in [2.45, 2.75) is 38.1 Å². The molecule has 1 aromatic carbocycles. The van der Waals surface area contributed by atoms with Crippen LogP contribution >= 0.6 is 11.3 Å². The molecule has 31 heavy (non-hydrogen) atoms. The molecule has 0 unspecified atom stereocenters. The third-order valence-corrected chi connectivity index (χ3v) is 7.05. The minimum absolute atomic E-state index is 0.0171. The van der Waals surface area contributed by atoms with Gasteiger partial charge in [0, 0.05) is 44.6 Å². The Kier molecular flexibility index (Phi) is 8.60. The molecular formula is C24H31FN2O3S. The van der Waals surface area contributed by atoms with Crippen molar-refractivity contribution in [2.24, 2.45) is 5.92 Å². The predicted molar refractivity (Wildman–Crippen MR) is 120 cm³/mol. The van der Waals surface area contributed by atoms with E-state index in [1.54, 1.807) is 28.4 Å². The zero-order chi connectivity index (χ0) is 22.2. The fourth-order valence-electron chi connectivity index (χ4n) is 4.27. The number of nitrogens with zero attached hydrogens (tertiary/aromatic N) is 2. The molecular weight excluding hydrogens is 415 g/mol. The SMILES string of the molecule is COCC(=O)N(C)[C@H](Cc1ccc(F)cc1)C1CCN(C(=O)CCc2cccs2)CC1. The molecule has 1 fully saturated rings. The normalized spacial score (nSPS) is 15.6. The van der Waals surface area contributed by atoms with Gasteiger partial charge in [-0.25, -0.2) is 4.39 Å². The Morgan fingerprint density at radius 3 is 2.55 bits per heavy atom. The minimum Gasteiger partial charge on any atom is -0.375 e. The number of ether oxygens (including phenoxy) is 1. The van der Waals surface area contributed by atoms with Gasteiger partial charge in [0.15, 0.2) is 0 Å². The lowest BCUT2D eigenvalue weighted by Gasteiger charge is -2.40. The highest BCUT2D eigenvalue weighted by Gasteiger charge is 2.32. The van der Waals surface area contributed by atoms with Crippen molar-refractivity contribution in [3.05, 3.63) is 58.0 Å². The van der Waals surface area contributed by atoms with Crippen molar-refractivity contribution < 1.29 is 18.7 Å². The number of methoxy groups -OCH3 is 1. The maximum absolute atomic E-state index is 13.3. The summed E-state index contributed by atoms with van der Waals surface area (Å²) in [5.41, 5.74) is 0.998. The number of halogens is 1. The topological polar surface area (TPSA) is 49.9 Å². The molecule has 2 aromatic rings. The van der Waals surface area contributed by atoms with Crippen LogP contribution in [0.3, 0.4) is 0 Å². The second-order valence-electron chi connectivity index (χ2n) is 8.13. The summed E-state index contributed by atoms with van der Waals surface area (Å²) in [7, 11) is 3.33. The zero-order valence-electron chi connectivity index (χ0n) is 18.3. The summed E-state index contributed by atoms with van der Waals surface area (Å²) >= 11 is 1.69. The molecule has 2 amide bonds. The van der Waals surface area contributed by atoms with Crippen molar-refractivity contribution in [3.8, 4) is 0 Å². The number of piperidine rings is 1. The molecule has 0 bridgehead atoms. The molecule has 5 nitrogen and oxygen atoms in total. The highest BCUT2D eigenvalue weighted by Crippen LogP contribution is 2.27. The van der Waals surface area contributed by atoms with Gasteiger partial charge in [-0.15, -0.1) is 11.3 Å². The van der Waals surface area contributed by atoms with E-state index < -0.39 is 0 Å². The average Bonchev–Trinajstić information content (AvgIpc) is 3.31. The van der Waals surface area contributed by atoms with Crippen LogP contribution in [0.25, 0.3) is 0 Å². The van der Waals surface area contributed by atoms with Gasteiger partial charge in [0.25, 0.3) is 0 Å². The number of likely N-dealkylation sites (N-methyl/N-ethyl adjacent to an activating group) is 1. The van der Waals surface area contributed by atoms with Crippen LogP contribution < -0.4 is 0 Å². The molecule has 1 atom stereocenters. The lowest BCUT2D eigenvalue weighted by atomic mass is 9.84. The van der Waals surface area contributed by atoms with E-state index in [9.17, 15) is 14.0 Å². The first-order valence-corrected chi connectivity index (χ1v) is 11.6. The number of aryl methyl sites for hydroxylation is 1. The third-order valence-electron chi connectivity index (χ3n) is 6.12. The van der Waals surface area contributed by atoms with Gasteiger partial charge in [-0.1, -0.05) is 18.2 Å². The molecule has 0 aliphatic carbocycles. The molecule has 1 aliphatic rings. The van der Waals surface area contributed by atoms with Gasteiger partial charge < -0.3 is 14.5 Å². The Hall–Kier alpha value is -2.25. The number of hydrogen-bond donors (Lipinski definition) is 0. The minimum atomic E-state index is -0.265. The van der Waals surface area contributed by atoms with Crippen LogP contribution in [0.5, 0.6) is 0 Å². The van der Waals surface area contributed by atoms with E-state index in [0.717, 1.165) is 24.8 Å². The van der Waals surface area contributed by atoms with E-state index in [2.05, 4.69) is 6.07 Å². The summed E-state index contributed by atoms with van der Waals surface area (Å²) < 4.78 is 18.4. The first-order valence-electron chi connectivity index (χ1n) is 10.8. The number of thiophene rings is 1. The maximum atomic E-state index is 13.3. The van der Waals surface area contributed by atoms with E-state index in [1.165, 1.54) is 24.1 Å². The third kappa shape index (κ3) is 6.61. The highest BCUT2D eigenvalue weighted by atomic mass is 32.1. The Labute approximate surface area is 187 Å². The summed E-state index contributed by atoms with van der Waals surface area (Å²) in [6.45, 7) is 1.46. The molecule has 1 aromatic heterocycles. The van der Waals surface area contributed by atoms with Crippen LogP contribution in [0.15, 0.2) is 41.8 Å². The molecule has 1 aliphatic heterocycles. The number of amides is 2. The molecule has 3 rings (SSSR count). The zero-order valence-corrected chi connectivity index (χ0v) is 19.1. The van der Waals surface area contributed by atoms with E-state index >= 15 is 0 Å². The first kappa shape index (κ1) is 23.4. The summed E-state index contributed by atoms with van der Waals surface area (Å²) in [6.07, 6.45) is 3.68. The quantitative estimate of drug-likeness (QED) is 0.589. The van der Waals surface area contributed by atoms with Crippen molar-refractivity contribution in [1.82, 2.24) is 9.80 Å². The monoisotopic (exact) mass is 446 g/mol. The fourth-order valence-corrected chi connectivity index (χ4v) is 4.98. The Bertz CT molecular complexity index is 833. The molecule has 1 saturated heterocycles. The molecule has 2 heterocycles. The van der Waals surface area contributed by atoms with Crippen LogP contribution in [0.1, 0.15) is 29.7 Å². The molecule has 0 spiro atoms. The van der Waals surface area contributed by atoms with E-state index in [-0.39, 0.29) is 36.2 Å². The van der Waals surface area contributed by atoms with Crippen LogP contribution in [0.2, 0.25) is 0 Å². The van der Waals surface area contributed by atoms with Gasteiger partial charge >= 0.3 is 0 Å². The van der Waals surface area contributed by atoms with Crippen LogP contribution in [0.4, 0.5) is 4.39 Å². The van der Waals surface area contributed by atoms with Crippen LogP contribution in [-0.2, 0) is 27.2 Å². The maximum Gasteiger partial charge on any atom is 0.248 e. The van der Waals surface area contributed by atoms with E-state index in [4.69, 9.17) is 4.74 Å². The molecule has 0 saturated carbocycles. The number of rotatable bonds is 9. The number of benzene rings is 1. The van der Waals surface area contributed by atoms with Gasteiger partial charge in [0.1, 0.15) is 12.4 Å². The highest BCUT2D eigenvalue weighted by molar-refractivity contribution is 7.09.